The third-order valence-corrected chi connectivity index (χ3v) is 4.71. The van der Waals surface area contributed by atoms with Gasteiger partial charge >= 0.3 is 7.12 Å². The van der Waals surface area contributed by atoms with E-state index in [-0.39, 0.29) is 23.5 Å². The fraction of sp³-hybridized carbons (Fsp3) is 0.500. The Balaban J connectivity index is 2.24. The topological polar surface area (TPSA) is 73.6 Å². The lowest BCUT2D eigenvalue weighted by atomic mass is 9.77. The molecule has 0 saturated carbocycles. The Morgan fingerprint density at radius 3 is 2.17 bits per heavy atom. The van der Waals surface area contributed by atoms with Gasteiger partial charge in [0.05, 0.1) is 17.7 Å². The first kappa shape index (κ1) is 18.9. The summed E-state index contributed by atoms with van der Waals surface area (Å²) in [7, 11) is 1.50. The number of benzene rings is 1. The molecule has 0 spiro atoms. The molecule has 0 bridgehead atoms. The zero-order valence-corrected chi connectivity index (χ0v) is 15.2. The van der Waals surface area contributed by atoms with Crippen LogP contribution in [0.3, 0.4) is 0 Å². The zero-order chi connectivity index (χ0) is 18.0. The molecule has 24 heavy (non-hydrogen) atoms. The van der Waals surface area contributed by atoms with Crippen LogP contribution in [0.5, 0.6) is 0 Å². The molecule has 2 rings (SSSR count). The Bertz CT molecular complexity index is 608. The standard InChI is InChI=1S/C18H27BN2O3/c1-17(2)18(3,4)24-19(23-17)15(12-21-5)10-13-6-8-14(9-7-13)16(22)11-20/h6-10,21H,11-12,20H2,1-5H3. The Labute approximate surface area is 144 Å². The van der Waals surface area contributed by atoms with Crippen LogP contribution in [0.15, 0.2) is 29.7 Å². The Morgan fingerprint density at radius 2 is 1.71 bits per heavy atom. The molecule has 0 radical (unpaired) electrons. The predicted molar refractivity (Wildman–Crippen MR) is 97.8 cm³/mol. The second kappa shape index (κ2) is 7.19. The molecular weight excluding hydrogens is 303 g/mol. The van der Waals surface area contributed by atoms with E-state index in [0.717, 1.165) is 11.0 Å². The minimum Gasteiger partial charge on any atom is -0.400 e. The number of carbonyl (C=O) groups is 1. The van der Waals surface area contributed by atoms with Crippen molar-refractivity contribution < 1.29 is 14.1 Å². The zero-order valence-electron chi connectivity index (χ0n) is 15.2. The normalized spacial score (nSPS) is 19.6. The summed E-state index contributed by atoms with van der Waals surface area (Å²) in [5.41, 5.74) is 7.27. The highest BCUT2D eigenvalue weighted by Crippen LogP contribution is 2.38. The Hall–Kier alpha value is -1.47. The van der Waals surface area contributed by atoms with E-state index in [2.05, 4.69) is 5.32 Å². The molecule has 130 valence electrons. The van der Waals surface area contributed by atoms with Gasteiger partial charge in [-0.25, -0.2) is 0 Å². The van der Waals surface area contributed by atoms with E-state index in [0.29, 0.717) is 12.1 Å². The highest BCUT2D eigenvalue weighted by Gasteiger charge is 2.52. The van der Waals surface area contributed by atoms with Gasteiger partial charge in [-0.05, 0) is 45.8 Å². The second-order valence-corrected chi connectivity index (χ2v) is 7.09. The first-order chi connectivity index (χ1) is 11.2. The molecule has 1 aliphatic rings. The van der Waals surface area contributed by atoms with E-state index < -0.39 is 7.12 Å². The molecule has 0 aromatic heterocycles. The van der Waals surface area contributed by atoms with Gasteiger partial charge in [-0.2, -0.15) is 0 Å². The second-order valence-electron chi connectivity index (χ2n) is 7.09. The summed E-state index contributed by atoms with van der Waals surface area (Å²) in [5.74, 6) is -0.0630. The maximum absolute atomic E-state index is 11.6. The first-order valence-electron chi connectivity index (χ1n) is 8.24. The van der Waals surface area contributed by atoms with Crippen molar-refractivity contribution in [2.75, 3.05) is 20.1 Å². The van der Waals surface area contributed by atoms with E-state index in [1.54, 1.807) is 12.1 Å². The summed E-state index contributed by atoms with van der Waals surface area (Å²) in [6.07, 6.45) is 2.04. The van der Waals surface area contributed by atoms with Crippen molar-refractivity contribution in [1.29, 1.82) is 0 Å². The van der Waals surface area contributed by atoms with Crippen LogP contribution in [-0.2, 0) is 9.31 Å². The summed E-state index contributed by atoms with van der Waals surface area (Å²) < 4.78 is 12.3. The average molecular weight is 330 g/mol. The molecule has 6 heteroatoms. The molecule has 1 aromatic carbocycles. The summed E-state index contributed by atoms with van der Waals surface area (Å²) in [4.78, 5) is 11.6. The third kappa shape index (κ3) is 3.95. The third-order valence-electron chi connectivity index (χ3n) is 4.71. The molecule has 0 atom stereocenters. The maximum Gasteiger partial charge on any atom is 0.491 e. The van der Waals surface area contributed by atoms with Crippen molar-refractivity contribution >= 4 is 19.0 Å². The van der Waals surface area contributed by atoms with Crippen LogP contribution in [0, 0.1) is 0 Å². The van der Waals surface area contributed by atoms with E-state index >= 15 is 0 Å². The van der Waals surface area contributed by atoms with Gasteiger partial charge in [0.15, 0.2) is 5.78 Å². The van der Waals surface area contributed by atoms with Crippen molar-refractivity contribution in [3.05, 3.63) is 40.9 Å². The fourth-order valence-electron chi connectivity index (χ4n) is 2.50. The van der Waals surface area contributed by atoms with Gasteiger partial charge < -0.3 is 20.4 Å². The lowest BCUT2D eigenvalue weighted by Crippen LogP contribution is -2.41. The maximum atomic E-state index is 11.6. The van der Waals surface area contributed by atoms with Crippen LogP contribution in [0.4, 0.5) is 0 Å². The number of carbonyl (C=O) groups excluding carboxylic acids is 1. The number of likely N-dealkylation sites (N-methyl/N-ethyl adjacent to an activating group) is 1. The smallest absolute Gasteiger partial charge is 0.400 e. The molecular formula is C18H27BN2O3. The van der Waals surface area contributed by atoms with Crippen LogP contribution in [0.2, 0.25) is 0 Å². The van der Waals surface area contributed by atoms with Gasteiger partial charge in [0.2, 0.25) is 0 Å². The predicted octanol–water partition coefficient (Wildman–Crippen LogP) is 2.06. The van der Waals surface area contributed by atoms with Crippen LogP contribution in [-0.4, -0.2) is 44.2 Å². The molecule has 0 amide bonds. The summed E-state index contributed by atoms with van der Waals surface area (Å²) >= 11 is 0. The molecule has 0 unspecified atom stereocenters. The Morgan fingerprint density at radius 1 is 1.17 bits per heavy atom. The van der Waals surface area contributed by atoms with Gasteiger partial charge in [-0.1, -0.05) is 30.3 Å². The number of rotatable bonds is 6. The van der Waals surface area contributed by atoms with Crippen molar-refractivity contribution in [2.45, 2.75) is 38.9 Å². The van der Waals surface area contributed by atoms with E-state index in [4.69, 9.17) is 15.0 Å². The minimum absolute atomic E-state index is 0.0219. The molecule has 1 heterocycles. The largest absolute Gasteiger partial charge is 0.491 e. The van der Waals surface area contributed by atoms with Crippen molar-refractivity contribution in [3.8, 4) is 0 Å². The van der Waals surface area contributed by atoms with Gasteiger partial charge in [-0.15, -0.1) is 0 Å². The number of hydrogen-bond donors (Lipinski definition) is 2. The molecule has 1 aromatic rings. The highest BCUT2D eigenvalue weighted by molar-refractivity contribution is 6.55. The van der Waals surface area contributed by atoms with E-state index in [9.17, 15) is 4.79 Å². The number of Topliss-reactive ketones (excluding diaryl/α,β-unsaturated/α-hetero) is 1. The van der Waals surface area contributed by atoms with Gasteiger partial charge in [0.25, 0.3) is 0 Å². The molecule has 1 aliphatic heterocycles. The van der Waals surface area contributed by atoms with Crippen molar-refractivity contribution in [1.82, 2.24) is 5.32 Å². The molecule has 0 aliphatic carbocycles. The van der Waals surface area contributed by atoms with Crippen molar-refractivity contribution in [2.24, 2.45) is 5.73 Å². The highest BCUT2D eigenvalue weighted by atomic mass is 16.7. The first-order valence-corrected chi connectivity index (χ1v) is 8.24. The molecule has 3 N–H and O–H groups in total. The fourth-order valence-corrected chi connectivity index (χ4v) is 2.50. The SMILES string of the molecule is CNCC(=Cc1ccc(C(=O)CN)cc1)B1OC(C)(C)C(C)(C)O1. The molecule has 5 nitrogen and oxygen atoms in total. The van der Waals surface area contributed by atoms with E-state index in [1.807, 2.05) is 53.0 Å². The monoisotopic (exact) mass is 330 g/mol. The number of nitrogens with two attached hydrogens (primary N) is 1. The number of nitrogens with one attached hydrogen (secondary N) is 1. The van der Waals surface area contributed by atoms with Crippen LogP contribution >= 0.6 is 0 Å². The van der Waals surface area contributed by atoms with Gasteiger partial charge in [-0.3, -0.25) is 4.79 Å². The van der Waals surface area contributed by atoms with Crippen LogP contribution in [0.1, 0.15) is 43.6 Å². The number of hydrogen-bond acceptors (Lipinski definition) is 5. The summed E-state index contributed by atoms with van der Waals surface area (Å²) in [6.45, 7) is 8.83. The van der Waals surface area contributed by atoms with E-state index in [1.165, 1.54) is 0 Å². The minimum atomic E-state index is -0.396. The van der Waals surface area contributed by atoms with Crippen LogP contribution < -0.4 is 11.1 Å². The lowest BCUT2D eigenvalue weighted by Gasteiger charge is -2.32. The summed E-state index contributed by atoms with van der Waals surface area (Å²) in [6, 6.07) is 7.40. The van der Waals surface area contributed by atoms with Crippen LogP contribution in [0.25, 0.3) is 6.08 Å². The lowest BCUT2D eigenvalue weighted by molar-refractivity contribution is 0.00578. The average Bonchev–Trinajstić information content (AvgIpc) is 2.75. The Kier molecular flexibility index (Phi) is 5.65. The quantitative estimate of drug-likeness (QED) is 0.617. The van der Waals surface area contributed by atoms with Gasteiger partial charge in [0.1, 0.15) is 0 Å². The summed E-state index contributed by atoms with van der Waals surface area (Å²) in [5, 5.41) is 3.16. The van der Waals surface area contributed by atoms with Gasteiger partial charge in [0, 0.05) is 12.1 Å². The van der Waals surface area contributed by atoms with Crippen molar-refractivity contribution in [3.63, 3.8) is 0 Å². The number of ketones is 1. The molecule has 1 fully saturated rings. The molecule has 1 saturated heterocycles.